The summed E-state index contributed by atoms with van der Waals surface area (Å²) in [7, 11) is 0. The molecule has 1 N–H and O–H groups in total. The summed E-state index contributed by atoms with van der Waals surface area (Å²) >= 11 is 0. The molecule has 0 amide bonds. The number of nitro benzene ring substituents is 1. The Labute approximate surface area is 118 Å². The Morgan fingerprint density at radius 3 is 2.29 bits per heavy atom. The SMILES string of the molecule is CC(Nc1c(F)cc(F)cc1F)c1ccccc1[N+](=O)[O-]. The van der Waals surface area contributed by atoms with Gasteiger partial charge < -0.3 is 5.32 Å². The molecule has 0 bridgehead atoms. The minimum absolute atomic E-state index is 0.166. The molecule has 0 saturated heterocycles. The molecule has 1 unspecified atom stereocenters. The van der Waals surface area contributed by atoms with Gasteiger partial charge in [-0.3, -0.25) is 10.1 Å². The van der Waals surface area contributed by atoms with Crippen LogP contribution < -0.4 is 5.32 Å². The standard InChI is InChI=1S/C14H11F3N2O2/c1-8(10-4-2-3-5-13(10)19(20)21)18-14-11(16)6-9(15)7-12(14)17/h2-8,18H,1H3. The molecule has 0 heterocycles. The van der Waals surface area contributed by atoms with Crippen LogP contribution in [0.2, 0.25) is 0 Å². The number of halogens is 3. The van der Waals surface area contributed by atoms with Crippen LogP contribution in [0.4, 0.5) is 24.5 Å². The first-order valence-electron chi connectivity index (χ1n) is 6.04. The third kappa shape index (κ3) is 3.13. The molecular weight excluding hydrogens is 285 g/mol. The molecular formula is C14H11F3N2O2. The van der Waals surface area contributed by atoms with E-state index in [2.05, 4.69) is 5.32 Å². The zero-order valence-corrected chi connectivity index (χ0v) is 10.9. The molecule has 0 aliphatic rings. The van der Waals surface area contributed by atoms with Gasteiger partial charge >= 0.3 is 0 Å². The molecule has 4 nitrogen and oxygen atoms in total. The van der Waals surface area contributed by atoms with Crippen molar-refractivity contribution in [3.63, 3.8) is 0 Å². The Hall–Kier alpha value is -2.57. The van der Waals surface area contributed by atoms with Crippen molar-refractivity contribution in [1.82, 2.24) is 0 Å². The zero-order valence-electron chi connectivity index (χ0n) is 10.9. The fraction of sp³-hybridized carbons (Fsp3) is 0.143. The van der Waals surface area contributed by atoms with E-state index in [-0.39, 0.29) is 11.3 Å². The summed E-state index contributed by atoms with van der Waals surface area (Å²) < 4.78 is 40.0. The lowest BCUT2D eigenvalue weighted by molar-refractivity contribution is -0.385. The highest BCUT2D eigenvalue weighted by atomic mass is 19.1. The first kappa shape index (κ1) is 14.8. The van der Waals surface area contributed by atoms with Crippen LogP contribution in [0.25, 0.3) is 0 Å². The molecule has 0 fully saturated rings. The largest absolute Gasteiger partial charge is 0.374 e. The molecule has 2 aromatic carbocycles. The first-order valence-corrected chi connectivity index (χ1v) is 6.04. The summed E-state index contributed by atoms with van der Waals surface area (Å²) in [6, 6.07) is 6.20. The maximum Gasteiger partial charge on any atom is 0.274 e. The van der Waals surface area contributed by atoms with Gasteiger partial charge in [0, 0.05) is 18.2 Å². The second-order valence-electron chi connectivity index (χ2n) is 4.43. The second-order valence-corrected chi connectivity index (χ2v) is 4.43. The van der Waals surface area contributed by atoms with E-state index in [1.54, 1.807) is 6.07 Å². The summed E-state index contributed by atoms with van der Waals surface area (Å²) in [4.78, 5) is 10.4. The molecule has 7 heteroatoms. The van der Waals surface area contributed by atoms with Gasteiger partial charge in [0.15, 0.2) is 11.6 Å². The number of nitrogens with one attached hydrogen (secondary N) is 1. The molecule has 1 atom stereocenters. The van der Waals surface area contributed by atoms with Gasteiger partial charge in [-0.25, -0.2) is 13.2 Å². The van der Waals surface area contributed by atoms with Gasteiger partial charge in [-0.1, -0.05) is 18.2 Å². The lowest BCUT2D eigenvalue weighted by atomic mass is 10.1. The lowest BCUT2D eigenvalue weighted by Gasteiger charge is -2.16. The van der Waals surface area contributed by atoms with Crippen molar-refractivity contribution >= 4 is 11.4 Å². The van der Waals surface area contributed by atoms with Crippen molar-refractivity contribution in [1.29, 1.82) is 0 Å². The Morgan fingerprint density at radius 1 is 1.14 bits per heavy atom. The summed E-state index contributed by atoms with van der Waals surface area (Å²) in [5.74, 6) is -3.23. The molecule has 0 aliphatic heterocycles. The number of rotatable bonds is 4. The van der Waals surface area contributed by atoms with E-state index < -0.39 is 34.1 Å². The van der Waals surface area contributed by atoms with Crippen molar-refractivity contribution in [3.05, 3.63) is 69.5 Å². The third-order valence-corrected chi connectivity index (χ3v) is 2.97. The molecule has 0 spiro atoms. The number of benzene rings is 2. The topological polar surface area (TPSA) is 55.2 Å². The quantitative estimate of drug-likeness (QED) is 0.680. The van der Waals surface area contributed by atoms with Gasteiger partial charge in [-0.15, -0.1) is 0 Å². The van der Waals surface area contributed by atoms with Gasteiger partial charge in [-0.2, -0.15) is 0 Å². The predicted octanol–water partition coefficient (Wildman–Crippen LogP) is 4.19. The average molecular weight is 296 g/mol. The van der Waals surface area contributed by atoms with Gasteiger partial charge in [0.1, 0.15) is 11.5 Å². The normalized spacial score (nSPS) is 12.0. The third-order valence-electron chi connectivity index (χ3n) is 2.97. The molecule has 0 saturated carbocycles. The van der Waals surface area contributed by atoms with E-state index in [0.717, 1.165) is 0 Å². The molecule has 0 radical (unpaired) electrons. The van der Waals surface area contributed by atoms with Crippen LogP contribution >= 0.6 is 0 Å². The highest BCUT2D eigenvalue weighted by Gasteiger charge is 2.20. The van der Waals surface area contributed by atoms with E-state index in [1.165, 1.54) is 25.1 Å². The highest BCUT2D eigenvalue weighted by molar-refractivity contribution is 5.51. The Balaban J connectivity index is 2.35. The average Bonchev–Trinajstić information content (AvgIpc) is 2.42. The first-order chi connectivity index (χ1) is 9.90. The van der Waals surface area contributed by atoms with Gasteiger partial charge in [0.2, 0.25) is 0 Å². The predicted molar refractivity (Wildman–Crippen MR) is 71.5 cm³/mol. The summed E-state index contributed by atoms with van der Waals surface area (Å²) in [5.41, 5.74) is -0.423. The summed E-state index contributed by atoms with van der Waals surface area (Å²) in [6.45, 7) is 1.52. The van der Waals surface area contributed by atoms with Crippen molar-refractivity contribution < 1.29 is 18.1 Å². The Bertz CT molecular complexity index is 669. The number of para-hydroxylation sites is 1. The van der Waals surface area contributed by atoms with Crippen LogP contribution in [0.15, 0.2) is 36.4 Å². The fourth-order valence-corrected chi connectivity index (χ4v) is 1.99. The van der Waals surface area contributed by atoms with Crippen LogP contribution in [0.3, 0.4) is 0 Å². The number of hydrogen-bond acceptors (Lipinski definition) is 3. The van der Waals surface area contributed by atoms with Crippen LogP contribution in [-0.4, -0.2) is 4.92 Å². The number of hydrogen-bond donors (Lipinski definition) is 1. The molecule has 0 aromatic heterocycles. The van der Waals surface area contributed by atoms with Crippen molar-refractivity contribution in [2.24, 2.45) is 0 Å². The minimum Gasteiger partial charge on any atom is -0.374 e. The smallest absolute Gasteiger partial charge is 0.274 e. The Kier molecular flexibility index (Phi) is 4.11. The molecule has 0 aliphatic carbocycles. The van der Waals surface area contributed by atoms with E-state index >= 15 is 0 Å². The second kappa shape index (κ2) is 5.82. The molecule has 21 heavy (non-hydrogen) atoms. The van der Waals surface area contributed by atoms with Crippen LogP contribution in [0.5, 0.6) is 0 Å². The fourth-order valence-electron chi connectivity index (χ4n) is 1.99. The lowest BCUT2D eigenvalue weighted by Crippen LogP contribution is -2.11. The maximum atomic E-state index is 13.6. The van der Waals surface area contributed by atoms with Crippen molar-refractivity contribution in [3.8, 4) is 0 Å². The van der Waals surface area contributed by atoms with Gasteiger partial charge in [0.25, 0.3) is 5.69 Å². The van der Waals surface area contributed by atoms with E-state index in [4.69, 9.17) is 0 Å². The Morgan fingerprint density at radius 2 is 1.71 bits per heavy atom. The summed E-state index contributed by atoms with van der Waals surface area (Å²) in [6.07, 6.45) is 0. The van der Waals surface area contributed by atoms with Crippen LogP contribution in [0.1, 0.15) is 18.5 Å². The molecule has 2 rings (SSSR count). The summed E-state index contributed by atoms with van der Waals surface area (Å²) in [5, 5.41) is 13.4. The maximum absolute atomic E-state index is 13.6. The van der Waals surface area contributed by atoms with Gasteiger partial charge in [-0.05, 0) is 6.92 Å². The van der Waals surface area contributed by atoms with Crippen molar-refractivity contribution in [2.75, 3.05) is 5.32 Å². The van der Waals surface area contributed by atoms with Crippen LogP contribution in [0, 0.1) is 27.6 Å². The number of nitrogens with zero attached hydrogens (tertiary/aromatic N) is 1. The van der Waals surface area contributed by atoms with Crippen LogP contribution in [-0.2, 0) is 0 Å². The monoisotopic (exact) mass is 296 g/mol. The molecule has 2 aromatic rings. The minimum atomic E-state index is -1.10. The van der Waals surface area contributed by atoms with Gasteiger partial charge in [0.05, 0.1) is 16.5 Å². The van der Waals surface area contributed by atoms with E-state index in [0.29, 0.717) is 12.1 Å². The number of anilines is 1. The zero-order chi connectivity index (χ0) is 15.6. The van der Waals surface area contributed by atoms with E-state index in [9.17, 15) is 23.3 Å². The van der Waals surface area contributed by atoms with E-state index in [1.807, 2.05) is 0 Å². The van der Waals surface area contributed by atoms with Crippen molar-refractivity contribution in [2.45, 2.75) is 13.0 Å². The molecule has 110 valence electrons. The number of nitro groups is 1. The highest BCUT2D eigenvalue weighted by Crippen LogP contribution is 2.29.